The van der Waals surface area contributed by atoms with Crippen molar-refractivity contribution in [2.45, 2.75) is 31.8 Å². The van der Waals surface area contributed by atoms with Crippen molar-refractivity contribution in [1.82, 2.24) is 15.2 Å². The van der Waals surface area contributed by atoms with Gasteiger partial charge in [-0.05, 0) is 43.7 Å². The number of hydrogen-bond acceptors (Lipinski definition) is 5. The van der Waals surface area contributed by atoms with E-state index in [0.717, 1.165) is 31.9 Å². The second-order valence-electron chi connectivity index (χ2n) is 7.60. The van der Waals surface area contributed by atoms with Gasteiger partial charge in [-0.25, -0.2) is 13.8 Å². The molecule has 0 spiro atoms. The number of benzene rings is 1. The summed E-state index contributed by atoms with van der Waals surface area (Å²) in [7, 11) is 0. The number of halogens is 2. The van der Waals surface area contributed by atoms with E-state index in [1.54, 1.807) is 0 Å². The van der Waals surface area contributed by atoms with Crippen LogP contribution in [0.25, 0.3) is 11.3 Å². The Labute approximate surface area is 165 Å². The number of aromatic nitrogens is 1. The number of piperidine rings is 1. The van der Waals surface area contributed by atoms with Crippen LogP contribution < -0.4 is 5.32 Å². The van der Waals surface area contributed by atoms with E-state index in [1.807, 2.05) is 4.90 Å². The predicted octanol–water partition coefficient (Wildman–Crippen LogP) is 2.88. The molecule has 154 valence electrons. The number of likely N-dealkylation sites (tertiary alicyclic amines) is 1. The fourth-order valence-corrected chi connectivity index (χ4v) is 3.74. The van der Waals surface area contributed by atoms with Crippen LogP contribution in [0.4, 0.5) is 8.78 Å². The zero-order chi connectivity index (χ0) is 20.5. The number of hydrogen-bond donors (Lipinski definition) is 2. The number of carbonyl (C=O) groups excluding carboxylic acids is 1. The number of nitrogens with zero attached hydrogens (tertiary/aromatic N) is 2. The normalized spacial score (nSPS) is 22.4. The minimum atomic E-state index is -0.961. The standard InChI is InChI=1S/C20H21F2N3O4/c21-12-5-6-13(15(22)8-12)16-9-23-19(29-16)18(26)24-17-14(20(27)28)2-1-7-25(17)10-11-3-4-11/h5-6,8-9,11,14,17H,1-4,7,10H2,(H,24,26)(H,27,28). The fourth-order valence-electron chi connectivity index (χ4n) is 3.74. The zero-order valence-electron chi connectivity index (χ0n) is 15.6. The molecule has 2 atom stereocenters. The van der Waals surface area contributed by atoms with E-state index >= 15 is 0 Å². The molecular weight excluding hydrogens is 384 g/mol. The van der Waals surface area contributed by atoms with E-state index in [0.29, 0.717) is 24.9 Å². The molecule has 4 rings (SSSR count). The van der Waals surface area contributed by atoms with Gasteiger partial charge in [0.2, 0.25) is 0 Å². The van der Waals surface area contributed by atoms with E-state index in [9.17, 15) is 23.5 Å². The monoisotopic (exact) mass is 405 g/mol. The van der Waals surface area contributed by atoms with Crippen LogP contribution in [-0.4, -0.2) is 46.1 Å². The summed E-state index contributed by atoms with van der Waals surface area (Å²) in [6.45, 7) is 1.45. The first-order chi connectivity index (χ1) is 13.9. The predicted molar refractivity (Wildman–Crippen MR) is 97.8 cm³/mol. The molecule has 1 saturated heterocycles. The Morgan fingerprint density at radius 2 is 2.07 bits per heavy atom. The van der Waals surface area contributed by atoms with Gasteiger partial charge >= 0.3 is 11.9 Å². The maximum absolute atomic E-state index is 13.9. The topological polar surface area (TPSA) is 95.7 Å². The van der Waals surface area contributed by atoms with E-state index in [4.69, 9.17) is 4.42 Å². The van der Waals surface area contributed by atoms with E-state index < -0.39 is 35.6 Å². The molecule has 2 N–H and O–H groups in total. The van der Waals surface area contributed by atoms with Gasteiger partial charge < -0.3 is 14.8 Å². The summed E-state index contributed by atoms with van der Waals surface area (Å²) in [6, 6.07) is 2.99. The summed E-state index contributed by atoms with van der Waals surface area (Å²) in [6.07, 6.45) is 3.97. The fraction of sp³-hybridized carbons (Fsp3) is 0.450. The van der Waals surface area contributed by atoms with Crippen LogP contribution in [0.3, 0.4) is 0 Å². The van der Waals surface area contributed by atoms with Gasteiger partial charge in [0.1, 0.15) is 11.6 Å². The Hall–Kier alpha value is -2.81. The highest BCUT2D eigenvalue weighted by Crippen LogP contribution is 2.33. The smallest absolute Gasteiger partial charge is 0.309 e. The van der Waals surface area contributed by atoms with Crippen molar-refractivity contribution in [3.63, 3.8) is 0 Å². The minimum Gasteiger partial charge on any atom is -0.481 e. The Balaban J connectivity index is 1.52. The van der Waals surface area contributed by atoms with Gasteiger partial charge in [0.05, 0.1) is 23.8 Å². The number of aliphatic carboxylic acids is 1. The van der Waals surface area contributed by atoms with Crippen molar-refractivity contribution in [2.24, 2.45) is 11.8 Å². The number of nitrogens with one attached hydrogen (secondary N) is 1. The molecule has 7 nitrogen and oxygen atoms in total. The van der Waals surface area contributed by atoms with Gasteiger partial charge in [-0.1, -0.05) is 0 Å². The van der Waals surface area contributed by atoms with Crippen LogP contribution in [0.5, 0.6) is 0 Å². The van der Waals surface area contributed by atoms with E-state index in [-0.39, 0.29) is 17.2 Å². The molecule has 2 aromatic rings. The van der Waals surface area contributed by atoms with Gasteiger partial charge in [0.15, 0.2) is 5.76 Å². The summed E-state index contributed by atoms with van der Waals surface area (Å²) in [4.78, 5) is 30.3. The van der Waals surface area contributed by atoms with Crippen LogP contribution >= 0.6 is 0 Å². The molecule has 1 aliphatic carbocycles. The summed E-state index contributed by atoms with van der Waals surface area (Å²) in [5.41, 5.74) is -0.0191. The second kappa shape index (κ2) is 7.90. The molecule has 1 aromatic carbocycles. The molecule has 9 heteroatoms. The Morgan fingerprint density at radius 1 is 1.28 bits per heavy atom. The Morgan fingerprint density at radius 3 is 2.76 bits per heavy atom. The molecule has 0 radical (unpaired) electrons. The highest BCUT2D eigenvalue weighted by molar-refractivity contribution is 5.90. The highest BCUT2D eigenvalue weighted by atomic mass is 19.1. The largest absolute Gasteiger partial charge is 0.481 e. The highest BCUT2D eigenvalue weighted by Gasteiger charge is 2.39. The van der Waals surface area contributed by atoms with Gasteiger partial charge in [-0.2, -0.15) is 0 Å². The molecule has 2 heterocycles. The van der Waals surface area contributed by atoms with Crippen LogP contribution in [-0.2, 0) is 4.79 Å². The lowest BCUT2D eigenvalue weighted by Gasteiger charge is -2.39. The van der Waals surface area contributed by atoms with E-state index in [2.05, 4.69) is 10.3 Å². The summed E-state index contributed by atoms with van der Waals surface area (Å²) >= 11 is 0. The maximum Gasteiger partial charge on any atom is 0.309 e. The number of carboxylic acid groups (broad SMARTS) is 1. The average molecular weight is 405 g/mol. The van der Waals surface area contributed by atoms with Gasteiger partial charge in [-0.15, -0.1) is 0 Å². The molecule has 29 heavy (non-hydrogen) atoms. The molecule has 2 unspecified atom stereocenters. The van der Waals surface area contributed by atoms with Crippen molar-refractivity contribution >= 4 is 11.9 Å². The lowest BCUT2D eigenvalue weighted by atomic mass is 9.93. The maximum atomic E-state index is 13.9. The van der Waals surface area contributed by atoms with Crippen LogP contribution in [0.15, 0.2) is 28.8 Å². The first kappa shape index (κ1) is 19.5. The van der Waals surface area contributed by atoms with Gasteiger partial charge in [0.25, 0.3) is 5.89 Å². The quantitative estimate of drug-likeness (QED) is 0.767. The molecule has 1 aliphatic heterocycles. The Bertz CT molecular complexity index is 928. The lowest BCUT2D eigenvalue weighted by molar-refractivity contribution is -0.146. The van der Waals surface area contributed by atoms with Crippen LogP contribution in [0.2, 0.25) is 0 Å². The lowest BCUT2D eigenvalue weighted by Crippen LogP contribution is -2.57. The second-order valence-corrected chi connectivity index (χ2v) is 7.60. The number of oxazole rings is 1. The molecule has 0 bridgehead atoms. The minimum absolute atomic E-state index is 0.0130. The summed E-state index contributed by atoms with van der Waals surface area (Å²) in [5.74, 6) is -3.69. The SMILES string of the molecule is O=C(NC1C(C(=O)O)CCCN1CC1CC1)c1ncc(-c2ccc(F)cc2F)o1. The molecule has 1 aromatic heterocycles. The number of rotatable bonds is 6. The van der Waals surface area contributed by atoms with Gasteiger partial charge in [-0.3, -0.25) is 14.5 Å². The Kier molecular flexibility index (Phi) is 5.31. The first-order valence-electron chi connectivity index (χ1n) is 9.61. The molecule has 1 saturated carbocycles. The summed E-state index contributed by atoms with van der Waals surface area (Å²) < 4.78 is 32.4. The van der Waals surface area contributed by atoms with Gasteiger partial charge in [0, 0.05) is 19.2 Å². The first-order valence-corrected chi connectivity index (χ1v) is 9.61. The van der Waals surface area contributed by atoms with Crippen molar-refractivity contribution < 1.29 is 27.9 Å². The number of amides is 1. The zero-order valence-corrected chi connectivity index (χ0v) is 15.6. The van der Waals surface area contributed by atoms with Crippen LogP contribution in [0.1, 0.15) is 36.4 Å². The molecular formula is C20H21F2N3O4. The molecule has 1 amide bonds. The van der Waals surface area contributed by atoms with Crippen molar-refractivity contribution in [1.29, 1.82) is 0 Å². The van der Waals surface area contributed by atoms with Crippen molar-refractivity contribution in [3.8, 4) is 11.3 Å². The third-order valence-corrected chi connectivity index (χ3v) is 5.42. The van der Waals surface area contributed by atoms with E-state index in [1.165, 1.54) is 12.3 Å². The number of carboxylic acids is 1. The number of carbonyl (C=O) groups is 2. The third-order valence-electron chi connectivity index (χ3n) is 5.42. The summed E-state index contributed by atoms with van der Waals surface area (Å²) in [5, 5.41) is 12.3. The average Bonchev–Trinajstić information content (AvgIpc) is 3.35. The third kappa shape index (κ3) is 4.29. The molecule has 2 aliphatic rings. The van der Waals surface area contributed by atoms with Crippen molar-refractivity contribution in [2.75, 3.05) is 13.1 Å². The van der Waals surface area contributed by atoms with Crippen molar-refractivity contribution in [3.05, 3.63) is 41.9 Å². The molecule has 2 fully saturated rings. The van der Waals surface area contributed by atoms with Crippen LogP contribution in [0, 0.1) is 23.5 Å².